The van der Waals surface area contributed by atoms with Gasteiger partial charge in [-0.15, -0.1) is 10.2 Å². The number of phenolic OH excluding ortho intramolecular Hbond substituents is 1. The number of nitriles is 1. The molecular weight excluding hydrogens is 244 g/mol. The molecule has 2 aromatic rings. The van der Waals surface area contributed by atoms with Gasteiger partial charge in [0.1, 0.15) is 11.9 Å². The molecule has 0 saturated heterocycles. The van der Waals surface area contributed by atoms with Crippen LogP contribution in [0.4, 0.5) is 5.82 Å². The van der Waals surface area contributed by atoms with Gasteiger partial charge in [-0.3, -0.25) is 0 Å². The van der Waals surface area contributed by atoms with Crippen LogP contribution in [0, 0.1) is 11.3 Å². The zero-order chi connectivity index (χ0) is 13.7. The van der Waals surface area contributed by atoms with Gasteiger partial charge < -0.3 is 15.2 Å². The van der Waals surface area contributed by atoms with Crippen LogP contribution in [0.2, 0.25) is 0 Å². The molecule has 1 aromatic heterocycles. The van der Waals surface area contributed by atoms with Crippen molar-refractivity contribution in [2.24, 2.45) is 0 Å². The van der Waals surface area contributed by atoms with Crippen LogP contribution in [-0.4, -0.2) is 22.4 Å². The SMILES string of the molecule is COc1cc(CNc2ccc(C#N)nn2)ccc1O. The number of hydrogen-bond acceptors (Lipinski definition) is 6. The summed E-state index contributed by atoms with van der Waals surface area (Å²) in [5.74, 6) is 1.10. The number of hydrogen-bond donors (Lipinski definition) is 2. The molecule has 0 spiro atoms. The molecule has 19 heavy (non-hydrogen) atoms. The first-order chi connectivity index (χ1) is 9.22. The highest BCUT2D eigenvalue weighted by Gasteiger charge is 2.03. The summed E-state index contributed by atoms with van der Waals surface area (Å²) < 4.78 is 5.03. The van der Waals surface area contributed by atoms with Crippen molar-refractivity contribution in [2.45, 2.75) is 6.54 Å². The Labute approximate surface area is 110 Å². The molecule has 1 aromatic carbocycles. The molecule has 0 unspecified atom stereocenters. The molecule has 0 saturated carbocycles. The second-order valence-electron chi connectivity index (χ2n) is 3.78. The van der Waals surface area contributed by atoms with Crippen LogP contribution in [0.25, 0.3) is 0 Å². The minimum atomic E-state index is 0.101. The first kappa shape index (κ1) is 12.6. The summed E-state index contributed by atoms with van der Waals surface area (Å²) in [4.78, 5) is 0. The van der Waals surface area contributed by atoms with Gasteiger partial charge in [0.15, 0.2) is 17.2 Å². The zero-order valence-electron chi connectivity index (χ0n) is 10.3. The van der Waals surface area contributed by atoms with Crippen LogP contribution in [0.1, 0.15) is 11.3 Å². The van der Waals surface area contributed by atoms with Gasteiger partial charge in [0.05, 0.1) is 7.11 Å². The molecule has 0 bridgehead atoms. The van der Waals surface area contributed by atoms with Crippen molar-refractivity contribution in [3.05, 3.63) is 41.6 Å². The van der Waals surface area contributed by atoms with Crippen LogP contribution in [0.3, 0.4) is 0 Å². The molecule has 6 nitrogen and oxygen atoms in total. The fraction of sp³-hybridized carbons (Fsp3) is 0.154. The number of nitrogens with zero attached hydrogens (tertiary/aromatic N) is 3. The lowest BCUT2D eigenvalue weighted by Crippen LogP contribution is -2.03. The summed E-state index contributed by atoms with van der Waals surface area (Å²) in [5, 5.41) is 28.7. The van der Waals surface area contributed by atoms with Gasteiger partial charge in [-0.05, 0) is 29.8 Å². The van der Waals surface area contributed by atoms with E-state index in [1.807, 2.05) is 6.07 Å². The Morgan fingerprint density at radius 3 is 2.79 bits per heavy atom. The number of methoxy groups -OCH3 is 1. The highest BCUT2D eigenvalue weighted by molar-refractivity contribution is 5.43. The average molecular weight is 256 g/mol. The van der Waals surface area contributed by atoms with E-state index in [0.717, 1.165) is 5.56 Å². The highest BCUT2D eigenvalue weighted by Crippen LogP contribution is 2.26. The van der Waals surface area contributed by atoms with Crippen molar-refractivity contribution < 1.29 is 9.84 Å². The van der Waals surface area contributed by atoms with E-state index in [1.54, 1.807) is 30.3 Å². The van der Waals surface area contributed by atoms with Crippen molar-refractivity contribution in [3.8, 4) is 17.6 Å². The minimum absolute atomic E-state index is 0.101. The first-order valence-electron chi connectivity index (χ1n) is 5.56. The fourth-order valence-electron chi connectivity index (χ4n) is 1.51. The number of aromatic hydroxyl groups is 1. The molecule has 0 atom stereocenters. The largest absolute Gasteiger partial charge is 0.504 e. The standard InChI is InChI=1S/C13H12N4O2/c1-19-12-6-9(2-4-11(12)18)8-15-13-5-3-10(7-14)16-17-13/h2-6,18H,8H2,1H3,(H,15,17). The Balaban J connectivity index is 2.03. The maximum Gasteiger partial charge on any atom is 0.163 e. The van der Waals surface area contributed by atoms with Gasteiger partial charge in [-0.2, -0.15) is 5.26 Å². The fourth-order valence-corrected chi connectivity index (χ4v) is 1.51. The molecule has 96 valence electrons. The van der Waals surface area contributed by atoms with Crippen molar-refractivity contribution in [3.63, 3.8) is 0 Å². The second-order valence-corrected chi connectivity index (χ2v) is 3.78. The molecule has 0 fully saturated rings. The van der Waals surface area contributed by atoms with E-state index in [4.69, 9.17) is 10.00 Å². The van der Waals surface area contributed by atoms with Crippen molar-refractivity contribution >= 4 is 5.82 Å². The van der Waals surface area contributed by atoms with Crippen LogP contribution in [0.15, 0.2) is 30.3 Å². The van der Waals surface area contributed by atoms with Crippen LogP contribution < -0.4 is 10.1 Å². The zero-order valence-corrected chi connectivity index (χ0v) is 10.3. The molecule has 0 aliphatic rings. The minimum Gasteiger partial charge on any atom is -0.504 e. The van der Waals surface area contributed by atoms with E-state index in [9.17, 15) is 5.11 Å². The first-order valence-corrected chi connectivity index (χ1v) is 5.56. The van der Waals surface area contributed by atoms with E-state index in [1.165, 1.54) is 7.11 Å². The summed E-state index contributed by atoms with van der Waals surface area (Å²) in [6.45, 7) is 0.511. The Morgan fingerprint density at radius 2 is 2.16 bits per heavy atom. The van der Waals surface area contributed by atoms with Gasteiger partial charge in [-0.25, -0.2) is 0 Å². The van der Waals surface area contributed by atoms with Gasteiger partial charge in [0.2, 0.25) is 0 Å². The summed E-state index contributed by atoms with van der Waals surface area (Å²) in [6, 6.07) is 10.3. The number of ether oxygens (including phenoxy) is 1. The number of phenols is 1. The Bertz CT molecular complexity index is 605. The van der Waals surface area contributed by atoms with E-state index in [2.05, 4.69) is 15.5 Å². The summed E-state index contributed by atoms with van der Waals surface area (Å²) in [7, 11) is 1.50. The molecule has 0 aliphatic heterocycles. The third-order valence-corrected chi connectivity index (χ3v) is 2.50. The summed E-state index contributed by atoms with van der Waals surface area (Å²) in [5.41, 5.74) is 1.21. The smallest absolute Gasteiger partial charge is 0.163 e. The van der Waals surface area contributed by atoms with Crippen molar-refractivity contribution in [1.82, 2.24) is 10.2 Å². The molecular formula is C13H12N4O2. The second kappa shape index (κ2) is 5.69. The lowest BCUT2D eigenvalue weighted by Gasteiger charge is -2.08. The lowest BCUT2D eigenvalue weighted by atomic mass is 10.2. The number of aromatic nitrogens is 2. The molecule has 0 aliphatic carbocycles. The lowest BCUT2D eigenvalue weighted by molar-refractivity contribution is 0.373. The van der Waals surface area contributed by atoms with Crippen molar-refractivity contribution in [1.29, 1.82) is 5.26 Å². The quantitative estimate of drug-likeness (QED) is 0.864. The van der Waals surface area contributed by atoms with Gasteiger partial charge in [0, 0.05) is 6.54 Å². The Morgan fingerprint density at radius 1 is 1.32 bits per heavy atom. The summed E-state index contributed by atoms with van der Waals surface area (Å²) in [6.07, 6.45) is 0. The molecule has 6 heteroatoms. The van der Waals surface area contributed by atoms with E-state index < -0.39 is 0 Å². The number of rotatable bonds is 4. The monoisotopic (exact) mass is 256 g/mol. The van der Waals surface area contributed by atoms with Gasteiger partial charge in [-0.1, -0.05) is 6.07 Å². The molecule has 1 heterocycles. The van der Waals surface area contributed by atoms with Crippen LogP contribution in [-0.2, 0) is 6.54 Å². The van der Waals surface area contributed by atoms with Crippen LogP contribution in [0.5, 0.6) is 11.5 Å². The maximum atomic E-state index is 9.48. The van der Waals surface area contributed by atoms with E-state index in [0.29, 0.717) is 18.1 Å². The van der Waals surface area contributed by atoms with Crippen LogP contribution >= 0.6 is 0 Å². The molecule has 0 amide bonds. The predicted octanol–water partition coefficient (Wildman–Crippen LogP) is 1.67. The number of benzene rings is 1. The van der Waals surface area contributed by atoms with E-state index in [-0.39, 0.29) is 11.4 Å². The van der Waals surface area contributed by atoms with E-state index >= 15 is 0 Å². The van der Waals surface area contributed by atoms with Gasteiger partial charge in [0.25, 0.3) is 0 Å². The number of anilines is 1. The summed E-state index contributed by atoms with van der Waals surface area (Å²) >= 11 is 0. The third kappa shape index (κ3) is 3.10. The number of nitrogens with one attached hydrogen (secondary N) is 1. The Hall–Kier alpha value is -2.81. The molecule has 0 radical (unpaired) electrons. The highest BCUT2D eigenvalue weighted by atomic mass is 16.5. The average Bonchev–Trinajstić information content (AvgIpc) is 2.47. The van der Waals surface area contributed by atoms with Gasteiger partial charge >= 0.3 is 0 Å². The topological polar surface area (TPSA) is 91.1 Å². The van der Waals surface area contributed by atoms with Crippen molar-refractivity contribution in [2.75, 3.05) is 12.4 Å². The third-order valence-electron chi connectivity index (χ3n) is 2.50. The Kier molecular flexibility index (Phi) is 3.78. The molecule has 2 rings (SSSR count). The molecule has 2 N–H and O–H groups in total. The maximum absolute atomic E-state index is 9.48. The normalized spacial score (nSPS) is 9.68. The predicted molar refractivity (Wildman–Crippen MR) is 68.7 cm³/mol.